The summed E-state index contributed by atoms with van der Waals surface area (Å²) in [7, 11) is -7.30. The molecule has 0 spiro atoms. The number of halogens is 2. The van der Waals surface area contributed by atoms with Crippen molar-refractivity contribution in [2.45, 2.75) is 4.90 Å². The highest BCUT2D eigenvalue weighted by Gasteiger charge is 2.20. The van der Waals surface area contributed by atoms with Gasteiger partial charge >= 0.3 is 0 Å². The number of benzene rings is 3. The molecule has 0 aliphatic heterocycles. The highest BCUT2D eigenvalue weighted by atomic mass is 35.5. The maximum absolute atomic E-state index is 13.9. The van der Waals surface area contributed by atoms with Gasteiger partial charge in [0, 0.05) is 17.3 Å². The molecule has 0 saturated carbocycles. The fraction of sp³-hybridized carbons (Fsp3) is 0. The molecule has 0 amide bonds. The van der Waals surface area contributed by atoms with Gasteiger partial charge in [0.15, 0.2) is 0 Å². The minimum absolute atomic E-state index is 0.0522. The molecule has 3 aromatic rings. The number of rotatable bonds is 7. The summed E-state index contributed by atoms with van der Waals surface area (Å²) < 4.78 is 36.8. The molecular formula is C22H19Cl2N2O3PS. The van der Waals surface area contributed by atoms with Gasteiger partial charge in [0.1, 0.15) is 0 Å². The molecule has 1 unspecified atom stereocenters. The summed E-state index contributed by atoms with van der Waals surface area (Å²) in [5.41, 5.74) is 1.80. The molecule has 0 aromatic heterocycles. The number of nitrogens with two attached hydrogens (primary N) is 1. The Labute approximate surface area is 191 Å². The van der Waals surface area contributed by atoms with Gasteiger partial charge in [-0.25, -0.2) is 13.6 Å². The topological polar surface area (TPSA) is 89.3 Å². The quantitative estimate of drug-likeness (QED) is 0.368. The van der Waals surface area contributed by atoms with E-state index in [4.69, 9.17) is 28.3 Å². The van der Waals surface area contributed by atoms with Gasteiger partial charge in [0.05, 0.1) is 15.0 Å². The molecule has 0 saturated heterocycles. The first-order chi connectivity index (χ1) is 14.7. The van der Waals surface area contributed by atoms with Gasteiger partial charge in [-0.2, -0.15) is 0 Å². The zero-order valence-corrected chi connectivity index (χ0v) is 19.4. The second-order valence-corrected chi connectivity index (χ2v) is 11.1. The van der Waals surface area contributed by atoms with Gasteiger partial charge in [-0.05, 0) is 35.4 Å². The average molecular weight is 493 g/mol. The van der Waals surface area contributed by atoms with E-state index in [0.717, 1.165) is 0 Å². The summed E-state index contributed by atoms with van der Waals surface area (Å²) in [5.74, 6) is 2.84. The minimum Gasteiger partial charge on any atom is -0.330 e. The van der Waals surface area contributed by atoms with Crippen molar-refractivity contribution >= 4 is 56.3 Å². The van der Waals surface area contributed by atoms with Crippen LogP contribution in [0.15, 0.2) is 101 Å². The predicted molar refractivity (Wildman–Crippen MR) is 130 cm³/mol. The van der Waals surface area contributed by atoms with E-state index >= 15 is 0 Å². The van der Waals surface area contributed by atoms with E-state index < -0.39 is 17.3 Å². The van der Waals surface area contributed by atoms with Gasteiger partial charge in [-0.3, -0.25) is 4.57 Å². The lowest BCUT2D eigenvalue weighted by molar-refractivity contribution is 0.589. The Morgan fingerprint density at radius 1 is 0.774 bits per heavy atom. The number of primary sulfonamides is 1. The van der Waals surface area contributed by atoms with Crippen molar-refractivity contribution < 1.29 is 13.0 Å². The molecule has 0 radical (unpaired) electrons. The largest absolute Gasteiger partial charge is 0.330 e. The van der Waals surface area contributed by atoms with Crippen molar-refractivity contribution in [1.82, 2.24) is 0 Å². The van der Waals surface area contributed by atoms with Crippen LogP contribution in [0, 0.1) is 0 Å². The Hall–Kier alpha value is -2.34. The molecule has 9 heteroatoms. The zero-order chi connectivity index (χ0) is 22.5. The van der Waals surface area contributed by atoms with Crippen LogP contribution in [0.5, 0.6) is 0 Å². The van der Waals surface area contributed by atoms with Crippen LogP contribution >= 0.6 is 30.5 Å². The van der Waals surface area contributed by atoms with Crippen molar-refractivity contribution in [3.63, 3.8) is 0 Å². The third-order valence-corrected chi connectivity index (χ3v) is 7.98. The van der Waals surface area contributed by atoms with E-state index in [9.17, 15) is 13.0 Å². The predicted octanol–water partition coefficient (Wildman–Crippen LogP) is 6.50. The van der Waals surface area contributed by atoms with Gasteiger partial charge < -0.3 is 5.09 Å². The molecule has 31 heavy (non-hydrogen) atoms. The highest BCUT2D eigenvalue weighted by Crippen LogP contribution is 2.53. The Balaban J connectivity index is 2.02. The lowest BCUT2D eigenvalue weighted by atomic mass is 10.2. The van der Waals surface area contributed by atoms with Gasteiger partial charge in [-0.15, -0.1) is 0 Å². The van der Waals surface area contributed by atoms with Crippen LogP contribution in [0.2, 0.25) is 0 Å². The lowest BCUT2D eigenvalue weighted by Crippen LogP contribution is -2.11. The molecule has 0 fully saturated rings. The van der Waals surface area contributed by atoms with Crippen LogP contribution in [-0.2, 0) is 14.6 Å². The Bertz CT molecular complexity index is 1200. The van der Waals surface area contributed by atoms with Crippen LogP contribution in [0.4, 0.5) is 5.69 Å². The average Bonchev–Trinajstić information content (AvgIpc) is 2.74. The summed E-state index contributed by atoms with van der Waals surface area (Å²) >= 11 is 12.9. The molecule has 3 rings (SSSR count). The number of nitrogens with one attached hydrogen (secondary N) is 1. The van der Waals surface area contributed by atoms with Crippen molar-refractivity contribution in [3.05, 3.63) is 108 Å². The van der Waals surface area contributed by atoms with Crippen LogP contribution in [0.25, 0.3) is 10.1 Å². The second kappa shape index (κ2) is 9.86. The van der Waals surface area contributed by atoms with Crippen molar-refractivity contribution in [2.24, 2.45) is 5.14 Å². The molecule has 0 aliphatic carbocycles. The number of hydrogen-bond acceptors (Lipinski definition) is 3. The van der Waals surface area contributed by atoms with Crippen molar-refractivity contribution in [2.75, 3.05) is 5.09 Å². The van der Waals surface area contributed by atoms with E-state index in [1.165, 1.54) is 35.9 Å². The number of anilines is 1. The zero-order valence-electron chi connectivity index (χ0n) is 16.2. The SMILES string of the molecule is NS(=O)(=O)c1ccc(NP(=O)(C=C(Cl)c2ccccc2)/C=C(/Cl)c2ccccc2)cc1. The molecule has 0 aliphatic rings. The van der Waals surface area contributed by atoms with Crippen molar-refractivity contribution in [1.29, 1.82) is 0 Å². The Morgan fingerprint density at radius 3 is 1.58 bits per heavy atom. The smallest absolute Gasteiger partial charge is 0.238 e. The third kappa shape index (κ3) is 6.57. The summed E-state index contributed by atoms with van der Waals surface area (Å²) in [5, 5.41) is 8.64. The Morgan fingerprint density at radius 2 is 1.19 bits per heavy atom. The van der Waals surface area contributed by atoms with Gasteiger partial charge in [0.25, 0.3) is 0 Å². The summed E-state index contributed by atoms with van der Waals surface area (Å²) in [6.45, 7) is 0. The molecule has 160 valence electrons. The van der Waals surface area contributed by atoms with Crippen LogP contribution < -0.4 is 10.2 Å². The fourth-order valence-corrected chi connectivity index (χ4v) is 6.07. The molecule has 5 nitrogen and oxygen atoms in total. The monoisotopic (exact) mass is 492 g/mol. The normalized spacial score (nSPS) is 14.7. The molecular weight excluding hydrogens is 474 g/mol. The van der Waals surface area contributed by atoms with E-state index in [1.807, 2.05) is 36.4 Å². The first-order valence-corrected chi connectivity index (χ1v) is 13.2. The number of hydrogen-bond donors (Lipinski definition) is 2. The first kappa shape index (κ1) is 23.3. The van der Waals surface area contributed by atoms with E-state index in [-0.39, 0.29) is 15.0 Å². The summed E-state index contributed by atoms with van der Waals surface area (Å²) in [6.07, 6.45) is 0. The van der Waals surface area contributed by atoms with Gasteiger partial charge in [0.2, 0.25) is 17.3 Å². The molecule has 3 N–H and O–H groups in total. The van der Waals surface area contributed by atoms with Crippen LogP contribution in [-0.4, -0.2) is 8.42 Å². The maximum Gasteiger partial charge on any atom is 0.238 e. The molecule has 1 atom stereocenters. The van der Waals surface area contributed by atoms with Crippen molar-refractivity contribution in [3.8, 4) is 0 Å². The van der Waals surface area contributed by atoms with Crippen LogP contribution in [0.3, 0.4) is 0 Å². The molecule has 3 aromatic carbocycles. The molecule has 0 heterocycles. The van der Waals surface area contributed by atoms with Crippen LogP contribution in [0.1, 0.15) is 11.1 Å². The van der Waals surface area contributed by atoms with E-state index in [1.54, 1.807) is 24.3 Å². The summed E-state index contributed by atoms with van der Waals surface area (Å²) in [6, 6.07) is 23.8. The minimum atomic E-state index is -3.84. The first-order valence-electron chi connectivity index (χ1n) is 9.04. The third-order valence-electron chi connectivity index (χ3n) is 4.20. The standard InChI is InChI=1S/C22H19Cl2N2O3PS/c23-21(17-7-3-1-4-8-17)15-30(27,16-22(24)18-9-5-2-6-10-18)26-19-11-13-20(14-12-19)31(25,28)29/h1-16H,(H,26,27)(H2,25,28,29)/b21-15+,22-16?. The highest BCUT2D eigenvalue weighted by molar-refractivity contribution is 7.89. The van der Waals surface area contributed by atoms with E-state index in [2.05, 4.69) is 5.09 Å². The maximum atomic E-state index is 13.9. The number of sulfonamides is 1. The van der Waals surface area contributed by atoms with E-state index in [0.29, 0.717) is 16.8 Å². The lowest BCUT2D eigenvalue weighted by Gasteiger charge is -2.16. The van der Waals surface area contributed by atoms with Gasteiger partial charge in [-0.1, -0.05) is 83.9 Å². The fourth-order valence-electron chi connectivity index (χ4n) is 2.70. The second-order valence-electron chi connectivity index (χ2n) is 6.58. The molecule has 0 bridgehead atoms. The Kier molecular flexibility index (Phi) is 7.42. The summed E-state index contributed by atoms with van der Waals surface area (Å²) in [4.78, 5) is -0.0522.